The van der Waals surface area contributed by atoms with E-state index in [0.29, 0.717) is 23.9 Å². The van der Waals surface area contributed by atoms with E-state index in [4.69, 9.17) is 4.74 Å². The Hall–Kier alpha value is -3.42. The van der Waals surface area contributed by atoms with E-state index < -0.39 is 17.6 Å². The van der Waals surface area contributed by atoms with Gasteiger partial charge in [-0.2, -0.15) is 13.2 Å². The number of alkyl halides is 3. The average molecular weight is 404 g/mol. The van der Waals surface area contributed by atoms with E-state index in [1.807, 2.05) is 6.07 Å². The van der Waals surface area contributed by atoms with Gasteiger partial charge in [-0.15, -0.1) is 0 Å². The molecule has 0 saturated heterocycles. The first-order chi connectivity index (χ1) is 13.8. The Kier molecular flexibility index (Phi) is 6.11. The van der Waals surface area contributed by atoms with E-state index in [0.717, 1.165) is 17.7 Å². The van der Waals surface area contributed by atoms with Crippen molar-refractivity contribution in [2.75, 3.05) is 0 Å². The fourth-order valence-electron chi connectivity index (χ4n) is 2.53. The number of carbonyl (C=O) groups excluding carboxylic acids is 1. The Morgan fingerprint density at radius 1 is 1.03 bits per heavy atom. The zero-order valence-corrected chi connectivity index (χ0v) is 15.0. The first kappa shape index (κ1) is 20.3. The molecular formula is C21H16F4N2O2. The van der Waals surface area contributed by atoms with E-state index in [-0.39, 0.29) is 18.1 Å². The molecule has 8 heteroatoms. The van der Waals surface area contributed by atoms with Crippen LogP contribution in [0.25, 0.3) is 0 Å². The van der Waals surface area contributed by atoms with Gasteiger partial charge in [-0.1, -0.05) is 12.1 Å². The van der Waals surface area contributed by atoms with E-state index in [9.17, 15) is 22.4 Å². The minimum absolute atomic E-state index is 0.110. The van der Waals surface area contributed by atoms with Gasteiger partial charge in [0.05, 0.1) is 5.56 Å². The van der Waals surface area contributed by atoms with Crippen molar-refractivity contribution in [3.63, 3.8) is 0 Å². The minimum Gasteiger partial charge on any atom is -0.489 e. The molecule has 1 aromatic heterocycles. The zero-order chi connectivity index (χ0) is 20.9. The zero-order valence-electron chi connectivity index (χ0n) is 15.0. The second-order valence-corrected chi connectivity index (χ2v) is 6.17. The summed E-state index contributed by atoms with van der Waals surface area (Å²) in [6.45, 7) is 0.228. The van der Waals surface area contributed by atoms with Gasteiger partial charge in [0.1, 0.15) is 18.2 Å². The molecular weight excluding hydrogens is 388 g/mol. The van der Waals surface area contributed by atoms with Crippen molar-refractivity contribution in [2.24, 2.45) is 0 Å². The summed E-state index contributed by atoms with van der Waals surface area (Å²) in [6.07, 6.45) is -1.44. The van der Waals surface area contributed by atoms with Gasteiger partial charge in [-0.3, -0.25) is 9.78 Å². The molecule has 3 aromatic rings. The van der Waals surface area contributed by atoms with Crippen LogP contribution >= 0.6 is 0 Å². The predicted octanol–water partition coefficient (Wildman–Crippen LogP) is 4.75. The number of pyridine rings is 1. The molecule has 0 aliphatic heterocycles. The normalized spacial score (nSPS) is 11.2. The summed E-state index contributed by atoms with van der Waals surface area (Å²) in [7, 11) is 0. The average Bonchev–Trinajstić information content (AvgIpc) is 2.71. The van der Waals surface area contributed by atoms with Gasteiger partial charge < -0.3 is 10.1 Å². The van der Waals surface area contributed by atoms with Crippen LogP contribution in [0.2, 0.25) is 0 Å². The highest BCUT2D eigenvalue weighted by Crippen LogP contribution is 2.31. The fourth-order valence-corrected chi connectivity index (χ4v) is 2.53. The first-order valence-electron chi connectivity index (χ1n) is 8.58. The number of hydrogen-bond acceptors (Lipinski definition) is 3. The Morgan fingerprint density at radius 3 is 2.41 bits per heavy atom. The molecule has 1 heterocycles. The SMILES string of the molecule is O=C(NCc1cccnc1)c1ccc(OCc2ccc(C(F)(F)F)c(F)c2)cc1. The molecule has 0 fully saturated rings. The van der Waals surface area contributed by atoms with E-state index in [1.54, 1.807) is 42.7 Å². The molecule has 0 atom stereocenters. The van der Waals surface area contributed by atoms with Crippen molar-refractivity contribution < 1.29 is 27.1 Å². The Bertz CT molecular complexity index is 974. The van der Waals surface area contributed by atoms with E-state index in [1.165, 1.54) is 0 Å². The number of aromatic nitrogens is 1. The number of hydrogen-bond donors (Lipinski definition) is 1. The lowest BCUT2D eigenvalue weighted by Crippen LogP contribution is -2.22. The Balaban J connectivity index is 1.55. The molecule has 0 aliphatic carbocycles. The highest BCUT2D eigenvalue weighted by molar-refractivity contribution is 5.94. The third-order valence-electron chi connectivity index (χ3n) is 4.04. The summed E-state index contributed by atoms with van der Waals surface area (Å²) < 4.78 is 56.8. The number of nitrogens with one attached hydrogen (secondary N) is 1. The van der Waals surface area contributed by atoms with Gasteiger partial charge in [0, 0.05) is 24.5 Å². The number of rotatable bonds is 6. The summed E-state index contributed by atoms with van der Waals surface area (Å²) in [5.74, 6) is -1.22. The minimum atomic E-state index is -4.74. The molecule has 0 aliphatic rings. The number of amides is 1. The van der Waals surface area contributed by atoms with Gasteiger partial charge in [0.15, 0.2) is 0 Å². The second kappa shape index (κ2) is 8.72. The monoisotopic (exact) mass is 404 g/mol. The van der Waals surface area contributed by atoms with Gasteiger partial charge in [0.25, 0.3) is 5.91 Å². The second-order valence-electron chi connectivity index (χ2n) is 6.17. The summed E-state index contributed by atoms with van der Waals surface area (Å²) in [5.41, 5.74) is 0.225. The number of carbonyl (C=O) groups is 1. The van der Waals surface area contributed by atoms with Crippen LogP contribution in [0.3, 0.4) is 0 Å². The maximum absolute atomic E-state index is 13.6. The van der Waals surface area contributed by atoms with Crippen LogP contribution in [0.5, 0.6) is 5.75 Å². The maximum atomic E-state index is 13.6. The van der Waals surface area contributed by atoms with Crippen molar-refractivity contribution in [3.05, 3.63) is 95.1 Å². The summed E-state index contributed by atoms with van der Waals surface area (Å²) >= 11 is 0. The molecule has 0 bridgehead atoms. The predicted molar refractivity (Wildman–Crippen MR) is 97.6 cm³/mol. The standard InChI is InChI=1S/C21H16F4N2O2/c22-19-10-14(3-8-18(19)21(23,24)25)13-29-17-6-4-16(5-7-17)20(28)27-12-15-2-1-9-26-11-15/h1-11H,12-13H2,(H,27,28). The molecule has 4 nitrogen and oxygen atoms in total. The van der Waals surface area contributed by atoms with Crippen LogP contribution in [0.1, 0.15) is 27.0 Å². The van der Waals surface area contributed by atoms with Crippen LogP contribution in [-0.2, 0) is 19.3 Å². The summed E-state index contributed by atoms with van der Waals surface area (Å²) in [6, 6.07) is 12.5. The van der Waals surface area contributed by atoms with Crippen LogP contribution < -0.4 is 10.1 Å². The van der Waals surface area contributed by atoms with Crippen molar-refractivity contribution >= 4 is 5.91 Å². The smallest absolute Gasteiger partial charge is 0.419 e. The molecule has 29 heavy (non-hydrogen) atoms. The van der Waals surface area contributed by atoms with Crippen LogP contribution in [0, 0.1) is 5.82 Å². The number of ether oxygens (including phenoxy) is 1. The molecule has 1 N–H and O–H groups in total. The van der Waals surface area contributed by atoms with Crippen molar-refractivity contribution in [1.29, 1.82) is 0 Å². The number of halogens is 4. The lowest BCUT2D eigenvalue weighted by Gasteiger charge is -2.11. The molecule has 0 unspecified atom stereocenters. The third-order valence-corrected chi connectivity index (χ3v) is 4.04. The van der Waals surface area contributed by atoms with Crippen LogP contribution in [-0.4, -0.2) is 10.9 Å². The first-order valence-corrected chi connectivity index (χ1v) is 8.58. The summed E-state index contributed by atoms with van der Waals surface area (Å²) in [5, 5.41) is 2.76. The Morgan fingerprint density at radius 2 is 1.79 bits per heavy atom. The molecule has 2 aromatic carbocycles. The van der Waals surface area contributed by atoms with Crippen molar-refractivity contribution in [2.45, 2.75) is 19.3 Å². The van der Waals surface area contributed by atoms with Crippen molar-refractivity contribution in [3.8, 4) is 5.75 Å². The molecule has 3 rings (SSSR count). The lowest BCUT2D eigenvalue weighted by molar-refractivity contribution is -0.140. The Labute approximate surface area is 164 Å². The third kappa shape index (κ3) is 5.54. The molecule has 0 radical (unpaired) electrons. The van der Waals surface area contributed by atoms with Gasteiger partial charge in [-0.05, 0) is 53.6 Å². The lowest BCUT2D eigenvalue weighted by atomic mass is 10.1. The quantitative estimate of drug-likeness (QED) is 0.604. The van der Waals surface area contributed by atoms with E-state index >= 15 is 0 Å². The number of nitrogens with zero attached hydrogens (tertiary/aromatic N) is 1. The number of benzene rings is 2. The van der Waals surface area contributed by atoms with Gasteiger partial charge >= 0.3 is 6.18 Å². The highest BCUT2D eigenvalue weighted by atomic mass is 19.4. The maximum Gasteiger partial charge on any atom is 0.419 e. The van der Waals surface area contributed by atoms with Crippen LogP contribution in [0.4, 0.5) is 17.6 Å². The summed E-state index contributed by atoms with van der Waals surface area (Å²) in [4.78, 5) is 16.1. The van der Waals surface area contributed by atoms with Gasteiger partial charge in [0.2, 0.25) is 0 Å². The van der Waals surface area contributed by atoms with Crippen molar-refractivity contribution in [1.82, 2.24) is 10.3 Å². The van der Waals surface area contributed by atoms with E-state index in [2.05, 4.69) is 10.3 Å². The highest BCUT2D eigenvalue weighted by Gasteiger charge is 2.33. The largest absolute Gasteiger partial charge is 0.489 e. The van der Waals surface area contributed by atoms with Gasteiger partial charge in [-0.25, -0.2) is 4.39 Å². The fraction of sp³-hybridized carbons (Fsp3) is 0.143. The topological polar surface area (TPSA) is 51.2 Å². The molecule has 0 saturated carbocycles. The molecule has 1 amide bonds. The molecule has 150 valence electrons. The molecule has 0 spiro atoms. The van der Waals surface area contributed by atoms with Crippen LogP contribution in [0.15, 0.2) is 67.0 Å².